The number of carbonyl (C=O) groups excluding carboxylic acids is 1. The first kappa shape index (κ1) is 16.5. The number of thiazole rings is 1. The highest BCUT2D eigenvalue weighted by Gasteiger charge is 2.23. The first-order valence-corrected chi connectivity index (χ1v) is 9.20. The van der Waals surface area contributed by atoms with Crippen LogP contribution in [0.15, 0.2) is 65.3 Å². The molecule has 2 aromatic carbocycles. The van der Waals surface area contributed by atoms with Crippen LogP contribution in [-0.4, -0.2) is 10.9 Å². The number of furan rings is 1. The van der Waals surface area contributed by atoms with Crippen molar-refractivity contribution in [2.75, 3.05) is 4.90 Å². The van der Waals surface area contributed by atoms with E-state index < -0.39 is 0 Å². The van der Waals surface area contributed by atoms with E-state index in [1.54, 1.807) is 11.2 Å². The second-order valence-corrected chi connectivity index (χ2v) is 7.26. The number of carbonyl (C=O) groups is 1. The van der Waals surface area contributed by atoms with E-state index in [9.17, 15) is 4.79 Å². The van der Waals surface area contributed by atoms with Gasteiger partial charge in [-0.1, -0.05) is 41.2 Å². The van der Waals surface area contributed by atoms with Gasteiger partial charge >= 0.3 is 0 Å². The molecule has 0 radical (unpaired) electrons. The van der Waals surface area contributed by atoms with Gasteiger partial charge in [-0.05, 0) is 49.7 Å². The Hall–Kier alpha value is -2.92. The van der Waals surface area contributed by atoms with Crippen molar-refractivity contribution in [3.05, 3.63) is 83.3 Å². The lowest BCUT2D eigenvalue weighted by molar-refractivity contribution is 0.0983. The molecule has 0 fully saturated rings. The third-order valence-corrected chi connectivity index (χ3v) is 5.32. The Bertz CT molecular complexity index is 1050. The molecule has 0 aliphatic carbocycles. The molecule has 2 aromatic heterocycles. The molecular weight excluding hydrogens is 344 g/mol. The van der Waals surface area contributed by atoms with E-state index in [0.29, 0.717) is 17.2 Å². The number of para-hydroxylation sites is 1. The normalized spacial score (nSPS) is 11.0. The van der Waals surface area contributed by atoms with Gasteiger partial charge in [0, 0.05) is 5.56 Å². The summed E-state index contributed by atoms with van der Waals surface area (Å²) < 4.78 is 6.54. The van der Waals surface area contributed by atoms with Crippen molar-refractivity contribution in [3.8, 4) is 0 Å². The highest BCUT2D eigenvalue weighted by molar-refractivity contribution is 7.22. The molecule has 5 heteroatoms. The van der Waals surface area contributed by atoms with Gasteiger partial charge in [-0.25, -0.2) is 4.98 Å². The first-order valence-electron chi connectivity index (χ1n) is 8.39. The van der Waals surface area contributed by atoms with Crippen molar-refractivity contribution in [2.24, 2.45) is 0 Å². The van der Waals surface area contributed by atoms with Crippen LogP contribution in [0.2, 0.25) is 0 Å². The second-order valence-electron chi connectivity index (χ2n) is 6.25. The van der Waals surface area contributed by atoms with Crippen LogP contribution in [0.3, 0.4) is 0 Å². The van der Waals surface area contributed by atoms with E-state index in [1.165, 1.54) is 11.3 Å². The van der Waals surface area contributed by atoms with Gasteiger partial charge in [0.15, 0.2) is 5.13 Å². The summed E-state index contributed by atoms with van der Waals surface area (Å²) in [7, 11) is 0. The smallest absolute Gasteiger partial charge is 0.260 e. The maximum atomic E-state index is 13.2. The standard InChI is InChI=1S/C21H18N2O2S/c1-14-8-10-16(11-9-14)20(24)23(13-17-6-4-12-25-17)21-22-19-15(2)5-3-7-18(19)26-21/h3-12H,13H2,1-2H3. The zero-order valence-electron chi connectivity index (χ0n) is 14.6. The maximum Gasteiger partial charge on any atom is 0.260 e. The fourth-order valence-corrected chi connectivity index (χ4v) is 3.87. The van der Waals surface area contributed by atoms with E-state index in [4.69, 9.17) is 9.40 Å². The number of rotatable bonds is 4. The van der Waals surface area contributed by atoms with Gasteiger partial charge in [0.25, 0.3) is 5.91 Å². The quantitative estimate of drug-likeness (QED) is 0.491. The van der Waals surface area contributed by atoms with Crippen molar-refractivity contribution < 1.29 is 9.21 Å². The first-order chi connectivity index (χ1) is 12.6. The number of benzene rings is 2. The van der Waals surface area contributed by atoms with Gasteiger partial charge in [0.1, 0.15) is 5.76 Å². The van der Waals surface area contributed by atoms with Crippen LogP contribution in [0.4, 0.5) is 5.13 Å². The average molecular weight is 362 g/mol. The molecule has 0 saturated carbocycles. The Morgan fingerprint density at radius 3 is 2.58 bits per heavy atom. The highest BCUT2D eigenvalue weighted by atomic mass is 32.1. The Balaban J connectivity index is 1.77. The summed E-state index contributed by atoms with van der Waals surface area (Å²) in [6.07, 6.45) is 1.62. The number of anilines is 1. The molecule has 26 heavy (non-hydrogen) atoms. The fraction of sp³-hybridized carbons (Fsp3) is 0.143. The molecule has 0 saturated heterocycles. The monoisotopic (exact) mass is 362 g/mol. The van der Waals surface area contributed by atoms with Crippen LogP contribution in [-0.2, 0) is 6.54 Å². The van der Waals surface area contributed by atoms with Crippen molar-refractivity contribution in [3.63, 3.8) is 0 Å². The fourth-order valence-electron chi connectivity index (χ4n) is 2.83. The molecule has 0 spiro atoms. The van der Waals surface area contributed by atoms with E-state index in [0.717, 1.165) is 27.1 Å². The summed E-state index contributed by atoms with van der Waals surface area (Å²) in [5.74, 6) is 0.638. The van der Waals surface area contributed by atoms with Gasteiger partial charge in [0.2, 0.25) is 0 Å². The Labute approximate surface area is 155 Å². The molecule has 130 valence electrons. The molecule has 0 N–H and O–H groups in total. The second kappa shape index (κ2) is 6.77. The van der Waals surface area contributed by atoms with Crippen LogP contribution in [0.5, 0.6) is 0 Å². The average Bonchev–Trinajstić information content (AvgIpc) is 3.30. The van der Waals surface area contributed by atoms with E-state index in [1.807, 2.05) is 68.4 Å². The third kappa shape index (κ3) is 3.13. The lowest BCUT2D eigenvalue weighted by Gasteiger charge is -2.19. The number of hydrogen-bond donors (Lipinski definition) is 0. The highest BCUT2D eigenvalue weighted by Crippen LogP contribution is 2.32. The van der Waals surface area contributed by atoms with Gasteiger partial charge in [-0.15, -0.1) is 0 Å². The molecule has 0 unspecified atom stereocenters. The molecule has 0 atom stereocenters. The number of nitrogens with zero attached hydrogens (tertiary/aromatic N) is 2. The van der Waals surface area contributed by atoms with Crippen molar-refractivity contribution in [2.45, 2.75) is 20.4 Å². The maximum absolute atomic E-state index is 13.2. The summed E-state index contributed by atoms with van der Waals surface area (Å²) in [5, 5.41) is 0.677. The molecular formula is C21H18N2O2S. The van der Waals surface area contributed by atoms with Gasteiger partial charge < -0.3 is 4.42 Å². The minimum atomic E-state index is -0.0851. The number of fused-ring (bicyclic) bond motifs is 1. The molecule has 0 aliphatic rings. The zero-order chi connectivity index (χ0) is 18.1. The number of aryl methyl sites for hydroxylation is 2. The number of amides is 1. The van der Waals surface area contributed by atoms with E-state index in [-0.39, 0.29) is 5.91 Å². The summed E-state index contributed by atoms with van der Waals surface area (Å²) >= 11 is 1.52. The Kier molecular flexibility index (Phi) is 4.31. The third-order valence-electron chi connectivity index (χ3n) is 4.28. The predicted octanol–water partition coefficient (Wildman–Crippen LogP) is 5.35. The van der Waals surface area contributed by atoms with Crippen LogP contribution in [0.1, 0.15) is 27.2 Å². The van der Waals surface area contributed by atoms with Gasteiger partial charge in [-0.2, -0.15) is 0 Å². The molecule has 2 heterocycles. The minimum absolute atomic E-state index is 0.0851. The molecule has 4 nitrogen and oxygen atoms in total. The van der Waals surface area contributed by atoms with Crippen LogP contribution >= 0.6 is 11.3 Å². The van der Waals surface area contributed by atoms with Crippen LogP contribution < -0.4 is 4.90 Å². The van der Waals surface area contributed by atoms with Crippen molar-refractivity contribution >= 4 is 32.6 Å². The van der Waals surface area contributed by atoms with Crippen molar-refractivity contribution in [1.82, 2.24) is 4.98 Å². The summed E-state index contributed by atoms with van der Waals surface area (Å²) in [6, 6.07) is 17.4. The van der Waals surface area contributed by atoms with Crippen LogP contribution in [0.25, 0.3) is 10.2 Å². The summed E-state index contributed by atoms with van der Waals surface area (Å²) in [6.45, 7) is 4.38. The number of aromatic nitrogens is 1. The van der Waals surface area contributed by atoms with E-state index >= 15 is 0 Å². The molecule has 4 aromatic rings. The van der Waals surface area contributed by atoms with Gasteiger partial charge in [0.05, 0.1) is 23.0 Å². The summed E-state index contributed by atoms with van der Waals surface area (Å²) in [5.41, 5.74) is 3.80. The lowest BCUT2D eigenvalue weighted by atomic mass is 10.1. The van der Waals surface area contributed by atoms with Crippen LogP contribution in [0, 0.1) is 13.8 Å². The largest absolute Gasteiger partial charge is 0.467 e. The Morgan fingerprint density at radius 1 is 1.08 bits per heavy atom. The van der Waals surface area contributed by atoms with Gasteiger partial charge in [-0.3, -0.25) is 9.69 Å². The minimum Gasteiger partial charge on any atom is -0.467 e. The number of hydrogen-bond acceptors (Lipinski definition) is 4. The Morgan fingerprint density at radius 2 is 1.88 bits per heavy atom. The molecule has 1 amide bonds. The molecule has 0 aliphatic heterocycles. The van der Waals surface area contributed by atoms with Crippen molar-refractivity contribution in [1.29, 1.82) is 0 Å². The summed E-state index contributed by atoms with van der Waals surface area (Å²) in [4.78, 5) is 19.6. The molecule has 0 bridgehead atoms. The SMILES string of the molecule is Cc1ccc(C(=O)N(Cc2ccco2)c2nc3c(C)cccc3s2)cc1. The van der Waals surface area contributed by atoms with E-state index in [2.05, 4.69) is 0 Å². The predicted molar refractivity (Wildman–Crippen MR) is 105 cm³/mol. The lowest BCUT2D eigenvalue weighted by Crippen LogP contribution is -2.30. The topological polar surface area (TPSA) is 46.3 Å². The molecule has 4 rings (SSSR count). The zero-order valence-corrected chi connectivity index (χ0v) is 15.4.